The molecule has 0 spiro atoms. The van der Waals surface area contributed by atoms with Crippen molar-refractivity contribution in [3.05, 3.63) is 54.6 Å². The highest BCUT2D eigenvalue weighted by molar-refractivity contribution is 5.26. The molecule has 1 aromatic carbocycles. The fourth-order valence-corrected chi connectivity index (χ4v) is 5.59. The first kappa shape index (κ1) is 27.5. The first-order valence-electron chi connectivity index (χ1n) is 13.0. The van der Waals surface area contributed by atoms with Crippen molar-refractivity contribution in [1.82, 2.24) is 0 Å². The summed E-state index contributed by atoms with van der Waals surface area (Å²) in [6.45, 7) is 13.9. The monoisotopic (exact) mass is 480 g/mol. The van der Waals surface area contributed by atoms with Crippen molar-refractivity contribution in [3.8, 4) is 17.6 Å². The Balaban J connectivity index is 1.54. The van der Waals surface area contributed by atoms with Crippen LogP contribution in [0.15, 0.2) is 49.1 Å². The summed E-state index contributed by atoms with van der Waals surface area (Å²) in [5.74, 6) is 6.78. The lowest BCUT2D eigenvalue weighted by Crippen LogP contribution is -2.46. The summed E-state index contributed by atoms with van der Waals surface area (Å²) in [5.41, 5.74) is 1.14. The van der Waals surface area contributed by atoms with Crippen LogP contribution >= 0.6 is 0 Å². The van der Waals surface area contributed by atoms with Gasteiger partial charge in [0, 0.05) is 11.8 Å². The average Bonchev–Trinajstić information content (AvgIpc) is 3.32. The molecule has 2 aliphatic rings. The molecule has 1 aliphatic carbocycles. The van der Waals surface area contributed by atoms with Gasteiger partial charge in [0.05, 0.1) is 26.4 Å². The van der Waals surface area contributed by atoms with Gasteiger partial charge in [-0.15, -0.1) is 12.5 Å². The maximum Gasteiger partial charge on any atom is 0.175 e. The van der Waals surface area contributed by atoms with E-state index in [1.807, 2.05) is 37.3 Å². The number of allylic oxidation sites excluding steroid dienone is 2. The summed E-state index contributed by atoms with van der Waals surface area (Å²) in [6, 6.07) is 8.02. The van der Waals surface area contributed by atoms with Crippen LogP contribution in [-0.4, -0.2) is 31.7 Å². The highest BCUT2D eigenvalue weighted by atomic mass is 16.7. The summed E-state index contributed by atoms with van der Waals surface area (Å²) in [6.07, 6.45) is 13.4. The van der Waals surface area contributed by atoms with Crippen molar-refractivity contribution >= 4 is 0 Å². The minimum absolute atomic E-state index is 0.0546. The Bertz CT molecular complexity index is 892. The van der Waals surface area contributed by atoms with Crippen molar-refractivity contribution in [1.29, 1.82) is 0 Å². The van der Waals surface area contributed by atoms with Gasteiger partial charge in [-0.3, -0.25) is 0 Å². The van der Waals surface area contributed by atoms with Crippen LogP contribution in [0.3, 0.4) is 0 Å². The molecule has 3 rings (SSSR count). The zero-order valence-corrected chi connectivity index (χ0v) is 22.4. The van der Waals surface area contributed by atoms with E-state index in [1.54, 1.807) is 7.11 Å². The van der Waals surface area contributed by atoms with E-state index in [1.165, 1.54) is 0 Å². The van der Waals surface area contributed by atoms with Gasteiger partial charge in [-0.25, -0.2) is 0 Å². The van der Waals surface area contributed by atoms with Crippen molar-refractivity contribution in [3.63, 3.8) is 0 Å². The Kier molecular flexibility index (Phi) is 9.64. The quantitative estimate of drug-likeness (QED) is 0.220. The molecule has 1 aliphatic heterocycles. The Morgan fingerprint density at radius 2 is 1.97 bits per heavy atom. The van der Waals surface area contributed by atoms with Crippen LogP contribution in [0.5, 0.6) is 5.75 Å². The first-order valence-corrected chi connectivity index (χ1v) is 13.0. The molecule has 0 unspecified atom stereocenters. The van der Waals surface area contributed by atoms with E-state index < -0.39 is 5.79 Å². The summed E-state index contributed by atoms with van der Waals surface area (Å²) in [5, 5.41) is 0. The maximum atomic E-state index is 6.78. The van der Waals surface area contributed by atoms with Crippen LogP contribution < -0.4 is 4.74 Å². The minimum atomic E-state index is -0.515. The smallest absolute Gasteiger partial charge is 0.175 e. The molecule has 1 saturated carbocycles. The van der Waals surface area contributed by atoms with Crippen LogP contribution in [0, 0.1) is 22.7 Å². The lowest BCUT2D eigenvalue weighted by Gasteiger charge is -2.41. The van der Waals surface area contributed by atoms with E-state index in [2.05, 4.69) is 51.3 Å². The second kappa shape index (κ2) is 12.3. The summed E-state index contributed by atoms with van der Waals surface area (Å²) >= 11 is 0. The Labute approximate surface area is 213 Å². The van der Waals surface area contributed by atoms with Gasteiger partial charge in [-0.05, 0) is 75.5 Å². The molecule has 1 heterocycles. The molecule has 4 heteroatoms. The zero-order chi connectivity index (χ0) is 25.4. The van der Waals surface area contributed by atoms with Crippen LogP contribution in [0.4, 0.5) is 0 Å². The number of benzene rings is 1. The van der Waals surface area contributed by atoms with E-state index in [4.69, 9.17) is 18.9 Å². The number of fused-ring (bicyclic) bond motifs is 1. The number of rotatable bonds is 13. The minimum Gasteiger partial charge on any atom is -0.497 e. The van der Waals surface area contributed by atoms with E-state index >= 15 is 0 Å². The maximum absolute atomic E-state index is 6.78. The zero-order valence-electron chi connectivity index (χ0n) is 22.4. The summed E-state index contributed by atoms with van der Waals surface area (Å²) < 4.78 is 24.4. The second-order valence-electron chi connectivity index (χ2n) is 10.8. The Morgan fingerprint density at radius 3 is 2.66 bits per heavy atom. The van der Waals surface area contributed by atoms with Crippen LogP contribution in [0.1, 0.15) is 78.2 Å². The SMILES string of the molecule is C=CC[C@@]12CCC[C@]1(O[C@H](C#CC)CC(C)(C)/C=C/C[C@@H](C)OCc1ccc(OC)cc1)OCC2. The topological polar surface area (TPSA) is 36.9 Å². The second-order valence-corrected chi connectivity index (χ2v) is 10.8. The third kappa shape index (κ3) is 7.00. The van der Waals surface area contributed by atoms with Gasteiger partial charge in [0.2, 0.25) is 0 Å². The van der Waals surface area contributed by atoms with Gasteiger partial charge in [0.15, 0.2) is 5.79 Å². The highest BCUT2D eigenvalue weighted by Crippen LogP contribution is 2.58. The molecule has 35 heavy (non-hydrogen) atoms. The van der Waals surface area contributed by atoms with E-state index in [0.29, 0.717) is 6.61 Å². The molecule has 0 N–H and O–H groups in total. The largest absolute Gasteiger partial charge is 0.497 e. The Morgan fingerprint density at radius 1 is 1.20 bits per heavy atom. The molecule has 0 amide bonds. The molecule has 4 atom stereocenters. The normalized spacial score (nSPS) is 25.6. The molecule has 0 aromatic heterocycles. The van der Waals surface area contributed by atoms with Crippen LogP contribution in [0.2, 0.25) is 0 Å². The lowest BCUT2D eigenvalue weighted by atomic mass is 9.77. The van der Waals surface area contributed by atoms with E-state index in [9.17, 15) is 0 Å². The van der Waals surface area contributed by atoms with Gasteiger partial charge in [-0.2, -0.15) is 0 Å². The third-order valence-electron chi connectivity index (χ3n) is 7.50. The van der Waals surface area contributed by atoms with Crippen LogP contribution in [0.25, 0.3) is 0 Å². The third-order valence-corrected chi connectivity index (χ3v) is 7.50. The molecule has 1 aromatic rings. The highest BCUT2D eigenvalue weighted by Gasteiger charge is 2.60. The molecule has 4 nitrogen and oxygen atoms in total. The molecular weight excluding hydrogens is 436 g/mol. The van der Waals surface area contributed by atoms with Gasteiger partial charge in [0.25, 0.3) is 0 Å². The standard InChI is InChI=1S/C31H44O4/c1-7-11-28(35-31-20-10-19-30(31,17-8-2)21-22-34-31)23-29(4,5)18-9-12-25(3)33-24-26-13-15-27(32-6)16-14-26/h8-9,13-16,18,25,28H,2,10,12,17,19-24H2,1,3-6H3/b18-9+/t25-,28-,30+,31-/m1/s1. The van der Waals surface area contributed by atoms with Crippen molar-refractivity contribution in [2.45, 2.75) is 97.2 Å². The summed E-state index contributed by atoms with van der Waals surface area (Å²) in [7, 11) is 1.68. The number of ether oxygens (including phenoxy) is 4. The molecule has 2 fully saturated rings. The van der Waals surface area contributed by atoms with Crippen molar-refractivity contribution < 1.29 is 18.9 Å². The van der Waals surface area contributed by atoms with E-state index in [0.717, 1.165) is 62.9 Å². The van der Waals surface area contributed by atoms with Gasteiger partial charge >= 0.3 is 0 Å². The van der Waals surface area contributed by atoms with Crippen LogP contribution in [-0.2, 0) is 20.8 Å². The molecule has 192 valence electrons. The predicted molar refractivity (Wildman–Crippen MR) is 142 cm³/mol. The molecule has 0 radical (unpaired) electrons. The fourth-order valence-electron chi connectivity index (χ4n) is 5.59. The Hall–Kier alpha value is -2.06. The van der Waals surface area contributed by atoms with E-state index in [-0.39, 0.29) is 23.0 Å². The lowest BCUT2D eigenvalue weighted by molar-refractivity contribution is -0.261. The van der Waals surface area contributed by atoms with Crippen molar-refractivity contribution in [2.75, 3.05) is 13.7 Å². The van der Waals surface area contributed by atoms with Gasteiger partial charge < -0.3 is 18.9 Å². The number of hydrogen-bond donors (Lipinski definition) is 0. The first-order chi connectivity index (χ1) is 16.8. The predicted octanol–water partition coefficient (Wildman–Crippen LogP) is 7.23. The molecule has 0 bridgehead atoms. The van der Waals surface area contributed by atoms with Gasteiger partial charge in [0.1, 0.15) is 11.9 Å². The average molecular weight is 481 g/mol. The number of methoxy groups -OCH3 is 1. The molecule has 1 saturated heterocycles. The molecular formula is C31H44O4. The van der Waals surface area contributed by atoms with Crippen molar-refractivity contribution in [2.24, 2.45) is 10.8 Å². The summed E-state index contributed by atoms with van der Waals surface area (Å²) in [4.78, 5) is 0. The number of hydrogen-bond acceptors (Lipinski definition) is 4. The van der Waals surface area contributed by atoms with Gasteiger partial charge in [-0.1, -0.05) is 50.1 Å². The fraction of sp³-hybridized carbons (Fsp3) is 0.613.